The first kappa shape index (κ1) is 38.3. The largest absolute Gasteiger partial charge is 0.340 e. The molecule has 0 N–H and O–H groups in total. The molecule has 0 saturated heterocycles. The number of carbonyl (C=O) groups excluding carboxylic acids is 4. The molecule has 39 heavy (non-hydrogen) atoms. The molecule has 1 aromatic heterocycles. The molecule has 5 nitrogen and oxygen atoms in total. The number of nitrogens with zero attached hydrogens (tertiary/aromatic N) is 1. The minimum atomic E-state index is -0.461. The van der Waals surface area contributed by atoms with Gasteiger partial charge in [-0.1, -0.05) is 119 Å². The minimum Gasteiger partial charge on any atom is -0.340 e. The van der Waals surface area contributed by atoms with Crippen molar-refractivity contribution in [3.63, 3.8) is 0 Å². The van der Waals surface area contributed by atoms with Crippen molar-refractivity contribution < 1.29 is 19.2 Å². The third kappa shape index (κ3) is 13.7. The molecule has 2 unspecified atom stereocenters. The predicted octanol–water partition coefficient (Wildman–Crippen LogP) is 9.06. The second kappa shape index (κ2) is 23.1. The number of aldehydes is 1. The number of para-hydroxylation sites is 1. The Hall–Kier alpha value is -2.82. The molecule has 0 fully saturated rings. The van der Waals surface area contributed by atoms with E-state index in [1.165, 1.54) is 31.8 Å². The van der Waals surface area contributed by atoms with E-state index >= 15 is 0 Å². The van der Waals surface area contributed by atoms with Crippen molar-refractivity contribution in [1.82, 2.24) is 4.57 Å². The molecule has 0 bridgehead atoms. The highest BCUT2D eigenvalue weighted by Crippen LogP contribution is 2.23. The highest BCUT2D eigenvalue weighted by molar-refractivity contribution is 6.46. The molecule has 0 radical (unpaired) electrons. The second-order valence-corrected chi connectivity index (χ2v) is 9.65. The maximum Gasteiger partial charge on any atom is 0.231 e. The molecule has 0 amide bonds. The van der Waals surface area contributed by atoms with Crippen LogP contribution in [0.25, 0.3) is 10.9 Å². The fraction of sp³-hybridized carbons (Fsp3) is 0.588. The zero-order valence-corrected chi connectivity index (χ0v) is 26.2. The number of benzene rings is 1. The minimum absolute atomic E-state index is 0.146. The molecule has 220 valence electrons. The number of carbonyl (C=O) groups is 4. The number of hydrogen-bond acceptors (Lipinski definition) is 4. The quantitative estimate of drug-likeness (QED) is 0.103. The van der Waals surface area contributed by atoms with E-state index in [9.17, 15) is 19.2 Å². The molecule has 0 saturated carbocycles. The van der Waals surface area contributed by atoms with Crippen LogP contribution in [-0.2, 0) is 20.9 Å². The smallest absolute Gasteiger partial charge is 0.231 e. The lowest BCUT2D eigenvalue weighted by molar-refractivity contribution is -0.118. The number of allylic oxidation sites excluding steroid dienone is 1. The van der Waals surface area contributed by atoms with Crippen LogP contribution in [0.5, 0.6) is 0 Å². The molecule has 2 aromatic rings. The lowest BCUT2D eigenvalue weighted by Crippen LogP contribution is -2.21. The maximum absolute atomic E-state index is 12.4. The standard InChI is InChI=1S/C17H19NO3.C8H18.C7H12O.C2H6/c1-3-6-12(2)16(20)17(21)14-11-18(9-10-19)15-8-5-4-7-13(14)15;1-4-7-8(5-2)6-3;1-4-6(3)7(8)5-2;1-2/h4-5,7-8,10-12H,3,6,9H2,1-2H3;8H,4-7H2,1-3H3;5-6H,2,4H2,1,3H3;1-2H3. The Morgan fingerprint density at radius 1 is 0.872 bits per heavy atom. The van der Waals surface area contributed by atoms with E-state index in [1.54, 1.807) is 17.7 Å². The fourth-order valence-electron chi connectivity index (χ4n) is 4.09. The molecular formula is C34H55NO4. The number of ketones is 3. The van der Waals surface area contributed by atoms with Crippen molar-refractivity contribution in [2.75, 3.05) is 0 Å². The van der Waals surface area contributed by atoms with E-state index in [1.807, 2.05) is 58.9 Å². The summed E-state index contributed by atoms with van der Waals surface area (Å²) in [4.78, 5) is 46.0. The summed E-state index contributed by atoms with van der Waals surface area (Å²) in [6.07, 6.45) is 11.8. The Balaban J connectivity index is 0. The van der Waals surface area contributed by atoms with Gasteiger partial charge in [-0.25, -0.2) is 0 Å². The molecule has 2 atom stereocenters. The Morgan fingerprint density at radius 2 is 1.44 bits per heavy atom. The molecule has 0 aliphatic rings. The second-order valence-electron chi connectivity index (χ2n) is 9.65. The summed E-state index contributed by atoms with van der Waals surface area (Å²) in [5.41, 5.74) is 1.18. The van der Waals surface area contributed by atoms with E-state index in [0.29, 0.717) is 12.0 Å². The van der Waals surface area contributed by atoms with Crippen molar-refractivity contribution >= 4 is 34.5 Å². The first-order valence-electron chi connectivity index (χ1n) is 14.9. The van der Waals surface area contributed by atoms with Crippen LogP contribution < -0.4 is 0 Å². The van der Waals surface area contributed by atoms with Gasteiger partial charge in [-0.3, -0.25) is 14.4 Å². The Labute approximate surface area is 238 Å². The van der Waals surface area contributed by atoms with Gasteiger partial charge in [-0.2, -0.15) is 0 Å². The van der Waals surface area contributed by atoms with Crippen molar-refractivity contribution in [1.29, 1.82) is 0 Å². The van der Waals surface area contributed by atoms with Gasteiger partial charge in [-0.05, 0) is 30.9 Å². The van der Waals surface area contributed by atoms with Gasteiger partial charge in [-0.15, -0.1) is 0 Å². The monoisotopic (exact) mass is 541 g/mol. The summed E-state index contributed by atoms with van der Waals surface area (Å²) in [6, 6.07) is 7.32. The van der Waals surface area contributed by atoms with Crippen LogP contribution in [0.2, 0.25) is 0 Å². The summed E-state index contributed by atoms with van der Waals surface area (Å²) in [5.74, 6) is 0.221. The lowest BCUT2D eigenvalue weighted by Gasteiger charge is -2.08. The van der Waals surface area contributed by atoms with E-state index in [2.05, 4.69) is 27.4 Å². The number of aromatic nitrogens is 1. The number of rotatable bonds is 14. The summed E-state index contributed by atoms with van der Waals surface area (Å²) in [7, 11) is 0. The highest BCUT2D eigenvalue weighted by Gasteiger charge is 2.25. The van der Waals surface area contributed by atoms with Gasteiger partial charge in [0.25, 0.3) is 0 Å². The molecule has 2 rings (SSSR count). The van der Waals surface area contributed by atoms with E-state index in [0.717, 1.165) is 35.9 Å². The third-order valence-electron chi connectivity index (χ3n) is 6.85. The highest BCUT2D eigenvalue weighted by atomic mass is 16.2. The van der Waals surface area contributed by atoms with Crippen LogP contribution in [0.1, 0.15) is 118 Å². The molecule has 0 aliphatic heterocycles. The van der Waals surface area contributed by atoms with Gasteiger partial charge in [0.05, 0.1) is 12.1 Å². The summed E-state index contributed by atoms with van der Waals surface area (Å²) in [5, 5.41) is 0.724. The average Bonchev–Trinajstić information content (AvgIpc) is 3.34. The van der Waals surface area contributed by atoms with Gasteiger partial charge in [0.2, 0.25) is 11.6 Å². The van der Waals surface area contributed by atoms with Crippen LogP contribution in [0, 0.1) is 17.8 Å². The van der Waals surface area contributed by atoms with E-state index in [4.69, 9.17) is 0 Å². The summed E-state index contributed by atoms with van der Waals surface area (Å²) < 4.78 is 1.70. The normalized spacial score (nSPS) is 11.5. The van der Waals surface area contributed by atoms with Gasteiger partial charge in [0, 0.05) is 28.9 Å². The van der Waals surface area contributed by atoms with Crippen LogP contribution in [0.15, 0.2) is 43.1 Å². The first-order chi connectivity index (χ1) is 18.7. The SMILES string of the molecule is C=CC(=O)C(C)CC.CC.CCCC(C)C(=O)C(=O)c1cn(CC=O)c2ccccc12.CCCC(CC)CC. The van der Waals surface area contributed by atoms with Crippen molar-refractivity contribution in [3.8, 4) is 0 Å². The summed E-state index contributed by atoms with van der Waals surface area (Å²) >= 11 is 0. The predicted molar refractivity (Wildman–Crippen MR) is 166 cm³/mol. The number of fused-ring (bicyclic) bond motifs is 1. The molecule has 0 aliphatic carbocycles. The Kier molecular flexibility index (Phi) is 22.7. The first-order valence-corrected chi connectivity index (χ1v) is 14.9. The maximum atomic E-state index is 12.4. The Morgan fingerprint density at radius 3 is 1.85 bits per heavy atom. The van der Waals surface area contributed by atoms with E-state index < -0.39 is 5.78 Å². The van der Waals surface area contributed by atoms with Gasteiger partial charge in [0.1, 0.15) is 6.29 Å². The topological polar surface area (TPSA) is 73.2 Å². The van der Waals surface area contributed by atoms with Crippen LogP contribution in [-0.4, -0.2) is 28.2 Å². The average molecular weight is 542 g/mol. The molecular weight excluding hydrogens is 486 g/mol. The molecule has 0 spiro atoms. The number of hydrogen-bond donors (Lipinski definition) is 0. The number of Topliss-reactive ketones (excluding diaryl/α,β-unsaturated/α-hetero) is 2. The zero-order chi connectivity index (χ0) is 30.4. The van der Waals surface area contributed by atoms with Crippen molar-refractivity contribution in [3.05, 3.63) is 48.7 Å². The van der Waals surface area contributed by atoms with Gasteiger partial charge < -0.3 is 9.36 Å². The van der Waals surface area contributed by atoms with Gasteiger partial charge >= 0.3 is 0 Å². The summed E-state index contributed by atoms with van der Waals surface area (Å²) in [6.45, 7) is 22.1. The van der Waals surface area contributed by atoms with Crippen LogP contribution in [0.4, 0.5) is 0 Å². The van der Waals surface area contributed by atoms with Crippen LogP contribution >= 0.6 is 0 Å². The van der Waals surface area contributed by atoms with E-state index in [-0.39, 0.29) is 29.9 Å². The zero-order valence-electron chi connectivity index (χ0n) is 26.2. The molecule has 5 heteroatoms. The van der Waals surface area contributed by atoms with Gasteiger partial charge in [0.15, 0.2) is 5.78 Å². The van der Waals surface area contributed by atoms with Crippen LogP contribution in [0.3, 0.4) is 0 Å². The lowest BCUT2D eigenvalue weighted by atomic mass is 9.94. The molecule has 1 heterocycles. The molecule has 1 aromatic carbocycles. The fourth-order valence-corrected chi connectivity index (χ4v) is 4.09. The van der Waals surface area contributed by atoms with Crippen molar-refractivity contribution in [2.45, 2.75) is 114 Å². The third-order valence-corrected chi connectivity index (χ3v) is 6.85. The van der Waals surface area contributed by atoms with Crippen molar-refractivity contribution in [2.24, 2.45) is 17.8 Å². The Bertz CT molecular complexity index is 984.